The van der Waals surface area contributed by atoms with E-state index in [1.807, 2.05) is 0 Å². The molecule has 1 aromatic carbocycles. The Balaban J connectivity index is 1.73. The zero-order chi connectivity index (χ0) is 25.9. The molecule has 1 N–H and O–H groups in total. The second kappa shape index (κ2) is 11.3. The van der Waals surface area contributed by atoms with E-state index in [-0.39, 0.29) is 42.0 Å². The van der Waals surface area contributed by atoms with Gasteiger partial charge in [0.05, 0.1) is 28.4 Å². The molecule has 3 atom stereocenters. The highest BCUT2D eigenvalue weighted by molar-refractivity contribution is 7.92. The number of rotatable bonds is 10. The average Bonchev–Trinajstić information content (AvgIpc) is 3.38. The molecule has 8 nitrogen and oxygen atoms in total. The van der Waals surface area contributed by atoms with E-state index in [0.29, 0.717) is 10.8 Å². The molecule has 2 heterocycles. The van der Waals surface area contributed by atoms with Crippen LogP contribution in [0.4, 0.5) is 10.1 Å². The van der Waals surface area contributed by atoms with E-state index in [2.05, 4.69) is 5.32 Å². The quantitative estimate of drug-likeness (QED) is 0.493. The first kappa shape index (κ1) is 27.5. The third kappa shape index (κ3) is 6.39. The van der Waals surface area contributed by atoms with Crippen LogP contribution in [0.5, 0.6) is 0 Å². The molecule has 1 fully saturated rings. The predicted molar refractivity (Wildman–Crippen MR) is 136 cm³/mol. The standard InChI is InChI=1S/C23H29ClFN3O5S2/c1-14(19-7-8-20(24)34-19)13-35(31,32)21(12-33-4)26-17-9-10-28(23(17)30)18-6-5-15(11-16(18)25)22(29)27(2)3/h5-8,11,14,17,21,26H,9-10,12-13H2,1-4H3/t14-,17-,21-/m0/s1. The second-order valence-corrected chi connectivity index (χ2v) is 12.7. The molecular weight excluding hydrogens is 517 g/mol. The first-order valence-electron chi connectivity index (χ1n) is 11.0. The van der Waals surface area contributed by atoms with Gasteiger partial charge in [0, 0.05) is 44.1 Å². The monoisotopic (exact) mass is 545 g/mol. The molecule has 1 aromatic heterocycles. The molecule has 3 rings (SSSR count). The Morgan fingerprint density at radius 2 is 2.06 bits per heavy atom. The second-order valence-electron chi connectivity index (χ2n) is 8.68. The van der Waals surface area contributed by atoms with Crippen molar-refractivity contribution in [2.24, 2.45) is 0 Å². The Hall–Kier alpha value is -2.05. The minimum Gasteiger partial charge on any atom is -0.382 e. The molecule has 1 saturated heterocycles. The highest BCUT2D eigenvalue weighted by atomic mass is 35.5. The van der Waals surface area contributed by atoms with E-state index in [1.54, 1.807) is 33.2 Å². The fourth-order valence-corrected chi connectivity index (χ4v) is 7.00. The molecule has 2 aromatic rings. The van der Waals surface area contributed by atoms with Crippen molar-refractivity contribution in [3.05, 3.63) is 50.9 Å². The largest absolute Gasteiger partial charge is 0.382 e. The number of carbonyl (C=O) groups excluding carboxylic acids is 2. The van der Waals surface area contributed by atoms with E-state index < -0.39 is 33.0 Å². The number of thiophene rings is 1. The lowest BCUT2D eigenvalue weighted by molar-refractivity contribution is -0.118. The summed E-state index contributed by atoms with van der Waals surface area (Å²) in [6, 6.07) is 6.66. The van der Waals surface area contributed by atoms with Crippen LogP contribution in [-0.4, -0.2) is 76.7 Å². The van der Waals surface area contributed by atoms with Crippen LogP contribution in [-0.2, 0) is 19.4 Å². The van der Waals surface area contributed by atoms with Gasteiger partial charge in [0.15, 0.2) is 9.84 Å². The zero-order valence-electron chi connectivity index (χ0n) is 20.0. The fraction of sp³-hybridized carbons (Fsp3) is 0.478. The summed E-state index contributed by atoms with van der Waals surface area (Å²) in [4.78, 5) is 28.6. The maximum absolute atomic E-state index is 14.8. The molecule has 0 aliphatic carbocycles. The van der Waals surface area contributed by atoms with Crippen molar-refractivity contribution in [1.82, 2.24) is 10.2 Å². The summed E-state index contributed by atoms with van der Waals surface area (Å²) in [5.41, 5.74) is 0.217. The molecule has 1 aliphatic heterocycles. The van der Waals surface area contributed by atoms with Crippen LogP contribution >= 0.6 is 22.9 Å². The van der Waals surface area contributed by atoms with Gasteiger partial charge in [-0.1, -0.05) is 18.5 Å². The maximum Gasteiger partial charge on any atom is 0.253 e. The Labute approximate surface area is 213 Å². The molecule has 35 heavy (non-hydrogen) atoms. The van der Waals surface area contributed by atoms with Crippen LogP contribution < -0.4 is 10.2 Å². The van der Waals surface area contributed by atoms with Gasteiger partial charge in [-0.05, 0) is 36.8 Å². The molecule has 1 aliphatic rings. The maximum atomic E-state index is 14.8. The lowest BCUT2D eigenvalue weighted by Gasteiger charge is -2.24. The molecule has 12 heteroatoms. The number of halogens is 2. The molecule has 0 saturated carbocycles. The summed E-state index contributed by atoms with van der Waals surface area (Å²) >= 11 is 7.31. The number of ether oxygens (including phenoxy) is 1. The summed E-state index contributed by atoms with van der Waals surface area (Å²) in [5.74, 6) is -1.92. The van der Waals surface area contributed by atoms with Crippen LogP contribution in [0.3, 0.4) is 0 Å². The van der Waals surface area contributed by atoms with Crippen molar-refractivity contribution in [2.45, 2.75) is 30.7 Å². The molecule has 0 bridgehead atoms. The molecule has 0 unspecified atom stereocenters. The van der Waals surface area contributed by atoms with Crippen molar-refractivity contribution < 1.29 is 27.1 Å². The number of anilines is 1. The lowest BCUT2D eigenvalue weighted by atomic mass is 10.1. The van der Waals surface area contributed by atoms with E-state index in [1.165, 1.54) is 40.4 Å². The SMILES string of the molecule is COC[C@@H](N[C@H]1CCN(c2ccc(C(=O)N(C)C)cc2F)C1=O)S(=O)(=O)C[C@H](C)c1ccc(Cl)s1. The van der Waals surface area contributed by atoms with E-state index in [9.17, 15) is 22.4 Å². The number of hydrogen-bond donors (Lipinski definition) is 1. The Morgan fingerprint density at radius 1 is 1.34 bits per heavy atom. The number of benzene rings is 1. The summed E-state index contributed by atoms with van der Waals surface area (Å²) in [7, 11) is 0.813. The van der Waals surface area contributed by atoms with Crippen molar-refractivity contribution in [1.29, 1.82) is 0 Å². The Kier molecular flexibility index (Phi) is 8.92. The zero-order valence-corrected chi connectivity index (χ0v) is 22.3. The summed E-state index contributed by atoms with van der Waals surface area (Å²) in [5, 5.41) is 1.82. The van der Waals surface area contributed by atoms with Crippen LogP contribution in [0, 0.1) is 5.82 Å². The molecule has 192 valence electrons. The van der Waals surface area contributed by atoms with Crippen molar-refractivity contribution in [3.63, 3.8) is 0 Å². The van der Waals surface area contributed by atoms with Gasteiger partial charge >= 0.3 is 0 Å². The third-order valence-electron chi connectivity index (χ3n) is 5.80. The van der Waals surface area contributed by atoms with Crippen molar-refractivity contribution in [2.75, 3.05) is 45.0 Å². The van der Waals surface area contributed by atoms with Gasteiger partial charge in [-0.15, -0.1) is 11.3 Å². The van der Waals surface area contributed by atoms with Gasteiger partial charge in [-0.2, -0.15) is 0 Å². The highest BCUT2D eigenvalue weighted by Gasteiger charge is 2.38. The minimum absolute atomic E-state index is 0.0453. The van der Waals surface area contributed by atoms with Crippen molar-refractivity contribution in [3.8, 4) is 0 Å². The Morgan fingerprint density at radius 3 is 2.63 bits per heavy atom. The summed E-state index contributed by atoms with van der Waals surface area (Å²) < 4.78 is 46.9. The van der Waals surface area contributed by atoms with Crippen LogP contribution in [0.25, 0.3) is 0 Å². The fourth-order valence-electron chi connectivity index (χ4n) is 3.96. The number of nitrogens with zero attached hydrogens (tertiary/aromatic N) is 2. The van der Waals surface area contributed by atoms with Gasteiger partial charge in [-0.3, -0.25) is 14.9 Å². The number of carbonyl (C=O) groups is 2. The number of methoxy groups -OCH3 is 1. The van der Waals surface area contributed by atoms with E-state index in [0.717, 1.165) is 10.9 Å². The van der Waals surface area contributed by atoms with Crippen LogP contribution in [0.15, 0.2) is 30.3 Å². The van der Waals surface area contributed by atoms with E-state index in [4.69, 9.17) is 16.3 Å². The number of sulfone groups is 1. The topological polar surface area (TPSA) is 96.0 Å². The number of nitrogens with one attached hydrogen (secondary N) is 1. The number of amides is 2. The lowest BCUT2D eigenvalue weighted by Crippen LogP contribution is -2.50. The average molecular weight is 546 g/mol. The first-order chi connectivity index (χ1) is 16.4. The van der Waals surface area contributed by atoms with Gasteiger partial charge in [0.25, 0.3) is 5.91 Å². The predicted octanol–water partition coefficient (Wildman–Crippen LogP) is 3.13. The van der Waals surface area contributed by atoms with E-state index >= 15 is 0 Å². The first-order valence-corrected chi connectivity index (χ1v) is 13.9. The number of hydrogen-bond acceptors (Lipinski definition) is 7. The van der Waals surface area contributed by atoms with Gasteiger partial charge in [0.2, 0.25) is 5.91 Å². The van der Waals surface area contributed by atoms with Gasteiger partial charge in [-0.25, -0.2) is 12.8 Å². The van der Waals surface area contributed by atoms with Gasteiger partial charge in [0.1, 0.15) is 11.2 Å². The van der Waals surface area contributed by atoms with Crippen LogP contribution in [0.2, 0.25) is 4.34 Å². The summed E-state index contributed by atoms with van der Waals surface area (Å²) in [6.07, 6.45) is 0.294. The highest BCUT2D eigenvalue weighted by Crippen LogP contribution is 2.30. The smallest absolute Gasteiger partial charge is 0.253 e. The summed E-state index contributed by atoms with van der Waals surface area (Å²) in [6.45, 7) is 1.87. The third-order valence-corrected chi connectivity index (χ3v) is 9.36. The molecule has 0 radical (unpaired) electrons. The normalized spacial score (nSPS) is 18.1. The molecular formula is C23H29ClFN3O5S2. The van der Waals surface area contributed by atoms with Crippen LogP contribution in [0.1, 0.15) is 34.5 Å². The molecule has 2 amide bonds. The van der Waals surface area contributed by atoms with Gasteiger partial charge < -0.3 is 14.5 Å². The van der Waals surface area contributed by atoms with Crippen molar-refractivity contribution >= 4 is 50.3 Å². The molecule has 0 spiro atoms. The Bertz CT molecular complexity index is 1190. The minimum atomic E-state index is -3.71.